The monoisotopic (exact) mass is 449 g/mol. The summed E-state index contributed by atoms with van der Waals surface area (Å²) in [5, 5.41) is 0. The van der Waals surface area contributed by atoms with Crippen LogP contribution in [0.3, 0.4) is 0 Å². The number of ether oxygens (including phenoxy) is 2. The fraction of sp³-hybridized carbons (Fsp3) is 0.320. The van der Waals surface area contributed by atoms with Crippen LogP contribution in [-0.2, 0) is 16.1 Å². The Bertz CT molecular complexity index is 1150. The Morgan fingerprint density at radius 2 is 1.73 bits per heavy atom. The first kappa shape index (κ1) is 22.4. The van der Waals surface area contributed by atoms with Gasteiger partial charge in [0.1, 0.15) is 6.61 Å². The van der Waals surface area contributed by atoms with Crippen LogP contribution < -0.4 is 5.69 Å². The zero-order valence-electron chi connectivity index (χ0n) is 18.5. The molecule has 4 rings (SSSR count). The van der Waals surface area contributed by atoms with Crippen molar-refractivity contribution in [3.8, 4) is 11.3 Å². The van der Waals surface area contributed by atoms with Gasteiger partial charge < -0.3 is 14.4 Å². The molecule has 1 amide bonds. The molecule has 33 heavy (non-hydrogen) atoms. The van der Waals surface area contributed by atoms with Crippen molar-refractivity contribution >= 4 is 12.1 Å². The summed E-state index contributed by atoms with van der Waals surface area (Å²) in [7, 11) is 0. The number of carbonyl (C=O) groups excluding carboxylic acids is 2. The van der Waals surface area contributed by atoms with Crippen LogP contribution >= 0.6 is 0 Å². The van der Waals surface area contributed by atoms with Gasteiger partial charge in [-0.25, -0.2) is 14.4 Å². The summed E-state index contributed by atoms with van der Waals surface area (Å²) >= 11 is 0. The number of benzene rings is 2. The average molecular weight is 450 g/mol. The predicted octanol–water partition coefficient (Wildman–Crippen LogP) is 3.99. The largest absolute Gasteiger partial charge is 0.461 e. The van der Waals surface area contributed by atoms with Crippen LogP contribution in [0.4, 0.5) is 4.79 Å². The van der Waals surface area contributed by atoms with E-state index in [1.807, 2.05) is 60.7 Å². The first-order valence-corrected chi connectivity index (χ1v) is 11.1. The molecule has 2 aromatic carbocycles. The zero-order valence-corrected chi connectivity index (χ0v) is 18.5. The Morgan fingerprint density at radius 3 is 2.42 bits per heavy atom. The summed E-state index contributed by atoms with van der Waals surface area (Å²) in [4.78, 5) is 42.6. The normalized spacial score (nSPS) is 15.8. The number of hydrogen-bond donors (Lipinski definition) is 1. The Labute approximate surface area is 191 Å². The minimum atomic E-state index is -0.581. The van der Waals surface area contributed by atoms with E-state index in [-0.39, 0.29) is 24.9 Å². The number of aromatic amines is 1. The van der Waals surface area contributed by atoms with Gasteiger partial charge >= 0.3 is 17.8 Å². The lowest BCUT2D eigenvalue weighted by atomic mass is 10.0. The van der Waals surface area contributed by atoms with Gasteiger partial charge in [0.15, 0.2) is 5.69 Å². The lowest BCUT2D eigenvalue weighted by Crippen LogP contribution is -2.42. The molecule has 0 radical (unpaired) electrons. The molecular formula is C25H27N3O5. The Balaban J connectivity index is 1.59. The van der Waals surface area contributed by atoms with Gasteiger partial charge in [-0.15, -0.1) is 0 Å². The number of amides is 1. The zero-order chi connectivity index (χ0) is 23.2. The highest BCUT2D eigenvalue weighted by molar-refractivity contribution is 5.94. The number of H-pyrrole nitrogens is 1. The number of imidazole rings is 1. The van der Waals surface area contributed by atoms with E-state index in [9.17, 15) is 14.4 Å². The number of piperidine rings is 1. The first-order valence-electron chi connectivity index (χ1n) is 11.1. The minimum Gasteiger partial charge on any atom is -0.461 e. The number of hydrogen-bond acceptors (Lipinski definition) is 5. The molecule has 1 aromatic heterocycles. The van der Waals surface area contributed by atoms with E-state index < -0.39 is 17.8 Å². The number of esters is 1. The highest BCUT2D eigenvalue weighted by Crippen LogP contribution is 2.29. The van der Waals surface area contributed by atoms with Crippen molar-refractivity contribution in [2.45, 2.75) is 32.4 Å². The van der Waals surface area contributed by atoms with Crippen LogP contribution in [0.15, 0.2) is 65.5 Å². The predicted molar refractivity (Wildman–Crippen MR) is 123 cm³/mol. The molecule has 1 fully saturated rings. The number of carbonyl (C=O) groups is 2. The average Bonchev–Trinajstić information content (AvgIpc) is 3.21. The van der Waals surface area contributed by atoms with Gasteiger partial charge in [0.2, 0.25) is 0 Å². The van der Waals surface area contributed by atoms with Gasteiger partial charge in [0.25, 0.3) is 0 Å². The summed E-state index contributed by atoms with van der Waals surface area (Å²) in [5.41, 5.74) is 1.83. The van der Waals surface area contributed by atoms with E-state index in [2.05, 4.69) is 4.98 Å². The molecule has 0 spiro atoms. The highest BCUT2D eigenvalue weighted by atomic mass is 16.6. The summed E-state index contributed by atoms with van der Waals surface area (Å²) in [5.74, 6) is -0.581. The molecule has 3 aromatic rings. The van der Waals surface area contributed by atoms with Crippen molar-refractivity contribution < 1.29 is 19.1 Å². The number of rotatable bonds is 6. The molecule has 1 N–H and O–H groups in total. The highest BCUT2D eigenvalue weighted by Gasteiger charge is 2.31. The molecule has 1 saturated heterocycles. The molecule has 2 heterocycles. The Kier molecular flexibility index (Phi) is 6.92. The first-order chi connectivity index (χ1) is 16.1. The van der Waals surface area contributed by atoms with E-state index in [1.165, 1.54) is 0 Å². The van der Waals surface area contributed by atoms with Crippen LogP contribution in [0, 0.1) is 0 Å². The molecule has 0 saturated carbocycles. The van der Waals surface area contributed by atoms with Gasteiger partial charge in [0, 0.05) is 18.7 Å². The lowest BCUT2D eigenvalue weighted by Gasteiger charge is -2.33. The Hall–Kier alpha value is -3.81. The SMILES string of the molecule is CCOC(=O)c1[nH]c(=O)n(C2CCCN(C(=O)OCc3ccccc3)C2)c1-c1ccccc1. The molecular weight excluding hydrogens is 422 g/mol. The van der Waals surface area contributed by atoms with Gasteiger partial charge in [-0.2, -0.15) is 0 Å². The second kappa shape index (κ2) is 10.2. The van der Waals surface area contributed by atoms with Crippen molar-refractivity contribution in [2.24, 2.45) is 0 Å². The lowest BCUT2D eigenvalue weighted by molar-refractivity contribution is 0.0520. The van der Waals surface area contributed by atoms with E-state index in [1.54, 1.807) is 16.4 Å². The maximum atomic E-state index is 13.0. The molecule has 1 aliphatic rings. The molecule has 172 valence electrons. The maximum Gasteiger partial charge on any atom is 0.410 e. The van der Waals surface area contributed by atoms with Gasteiger partial charge in [-0.05, 0) is 25.3 Å². The van der Waals surface area contributed by atoms with Crippen LogP contribution in [0.1, 0.15) is 41.9 Å². The van der Waals surface area contributed by atoms with E-state index in [4.69, 9.17) is 9.47 Å². The molecule has 1 aliphatic heterocycles. The molecule has 1 atom stereocenters. The topological polar surface area (TPSA) is 93.6 Å². The fourth-order valence-electron chi connectivity index (χ4n) is 4.17. The van der Waals surface area contributed by atoms with Crippen LogP contribution in [0.5, 0.6) is 0 Å². The number of nitrogens with one attached hydrogen (secondary N) is 1. The second-order valence-electron chi connectivity index (χ2n) is 7.89. The van der Waals surface area contributed by atoms with Crippen LogP contribution in [-0.4, -0.2) is 46.2 Å². The Morgan fingerprint density at radius 1 is 1.03 bits per heavy atom. The molecule has 8 heteroatoms. The second-order valence-corrected chi connectivity index (χ2v) is 7.89. The molecule has 8 nitrogen and oxygen atoms in total. The van der Waals surface area contributed by atoms with E-state index in [0.29, 0.717) is 31.6 Å². The minimum absolute atomic E-state index is 0.122. The fourth-order valence-corrected chi connectivity index (χ4v) is 4.17. The number of aromatic nitrogens is 2. The van der Waals surface area contributed by atoms with Gasteiger partial charge in [-0.1, -0.05) is 60.7 Å². The molecule has 0 bridgehead atoms. The summed E-state index contributed by atoms with van der Waals surface area (Å²) in [6, 6.07) is 18.4. The van der Waals surface area contributed by atoms with Gasteiger partial charge in [-0.3, -0.25) is 9.55 Å². The van der Waals surface area contributed by atoms with Crippen LogP contribution in [0.2, 0.25) is 0 Å². The third-order valence-corrected chi connectivity index (χ3v) is 5.68. The van der Waals surface area contributed by atoms with Crippen molar-refractivity contribution in [1.82, 2.24) is 14.5 Å². The standard InChI is InChI=1S/C25H27N3O5/c1-2-32-23(29)21-22(19-12-7-4-8-13-19)28(24(30)26-21)20-14-9-15-27(16-20)25(31)33-17-18-10-5-3-6-11-18/h3-8,10-13,20H,2,9,14-17H2,1H3,(H,26,30). The number of likely N-dealkylation sites (tertiary alicyclic amines) is 1. The van der Waals surface area contributed by atoms with E-state index in [0.717, 1.165) is 11.1 Å². The molecule has 1 unspecified atom stereocenters. The van der Waals surface area contributed by atoms with Crippen LogP contribution in [0.25, 0.3) is 11.3 Å². The quantitative estimate of drug-likeness (QED) is 0.574. The summed E-state index contributed by atoms with van der Waals surface area (Å²) in [6.07, 6.45) is 0.993. The summed E-state index contributed by atoms with van der Waals surface area (Å²) < 4.78 is 12.2. The van der Waals surface area contributed by atoms with Crippen molar-refractivity contribution in [3.05, 3.63) is 82.4 Å². The maximum absolute atomic E-state index is 13.0. The van der Waals surface area contributed by atoms with E-state index >= 15 is 0 Å². The summed E-state index contributed by atoms with van der Waals surface area (Å²) in [6.45, 7) is 2.97. The molecule has 0 aliphatic carbocycles. The van der Waals surface area contributed by atoms with Gasteiger partial charge in [0.05, 0.1) is 18.3 Å². The third-order valence-electron chi connectivity index (χ3n) is 5.68. The third kappa shape index (κ3) is 5.00. The van der Waals surface area contributed by atoms with Crippen molar-refractivity contribution in [3.63, 3.8) is 0 Å². The smallest absolute Gasteiger partial charge is 0.410 e. The van der Waals surface area contributed by atoms with Crippen molar-refractivity contribution in [1.29, 1.82) is 0 Å². The van der Waals surface area contributed by atoms with Crippen molar-refractivity contribution in [2.75, 3.05) is 19.7 Å². The number of nitrogens with zero attached hydrogens (tertiary/aromatic N) is 2.